The molecule has 218 valence electrons. The lowest BCUT2D eigenvalue weighted by atomic mass is 9.91. The van der Waals surface area contributed by atoms with Crippen LogP contribution in [-0.2, 0) is 16.1 Å². The fourth-order valence-corrected chi connectivity index (χ4v) is 5.11. The topological polar surface area (TPSA) is 94.6 Å². The minimum absolute atomic E-state index is 0.0545. The molecule has 2 N–H and O–H groups in total. The van der Waals surface area contributed by atoms with Crippen LogP contribution in [0.1, 0.15) is 39.2 Å². The number of piperidine rings is 1. The van der Waals surface area contributed by atoms with Crippen molar-refractivity contribution in [3.63, 3.8) is 0 Å². The second-order valence-corrected chi connectivity index (χ2v) is 12.1. The van der Waals surface area contributed by atoms with E-state index in [1.165, 1.54) is 17.0 Å². The molecule has 0 aliphatic carbocycles. The van der Waals surface area contributed by atoms with E-state index in [1.807, 2.05) is 19.0 Å². The number of nitrogens with zero attached hydrogens (tertiary/aromatic N) is 3. The van der Waals surface area contributed by atoms with Crippen LogP contribution >= 0.6 is 11.6 Å². The van der Waals surface area contributed by atoms with Crippen molar-refractivity contribution in [1.29, 1.82) is 0 Å². The zero-order chi connectivity index (χ0) is 29.2. The number of hydrogen-bond acceptors (Lipinski definition) is 7. The van der Waals surface area contributed by atoms with Crippen molar-refractivity contribution >= 4 is 35.0 Å². The van der Waals surface area contributed by atoms with Gasteiger partial charge in [-0.15, -0.1) is 0 Å². The zero-order valence-electron chi connectivity index (χ0n) is 23.7. The summed E-state index contributed by atoms with van der Waals surface area (Å²) in [6.07, 6.45) is -0.691. The van der Waals surface area contributed by atoms with Crippen LogP contribution < -0.4 is 19.9 Å². The molecule has 1 atom stereocenters. The Labute approximate surface area is 239 Å². The summed E-state index contributed by atoms with van der Waals surface area (Å²) in [6.45, 7) is 7.22. The summed E-state index contributed by atoms with van der Waals surface area (Å²) in [5.41, 5.74) is 0.282. The zero-order valence-corrected chi connectivity index (χ0v) is 24.4. The lowest BCUT2D eigenvalue weighted by Crippen LogP contribution is -2.55. The molecule has 1 saturated heterocycles. The maximum absolute atomic E-state index is 13.3. The molecule has 2 aliphatic heterocycles. The Balaban J connectivity index is 1.41. The van der Waals surface area contributed by atoms with Crippen molar-refractivity contribution < 1.29 is 28.6 Å². The molecule has 4 rings (SSSR count). The number of hydrogen-bond donors (Lipinski definition) is 2. The number of benzene rings is 2. The van der Waals surface area contributed by atoms with Crippen LogP contribution in [0.4, 0.5) is 20.6 Å². The van der Waals surface area contributed by atoms with E-state index in [0.717, 1.165) is 5.56 Å². The Morgan fingerprint density at radius 1 is 1.20 bits per heavy atom. The average Bonchev–Trinajstić information content (AvgIpc) is 2.88. The van der Waals surface area contributed by atoms with E-state index in [2.05, 4.69) is 10.2 Å². The van der Waals surface area contributed by atoms with Crippen LogP contribution in [-0.4, -0.2) is 79.6 Å². The Kier molecular flexibility index (Phi) is 8.82. The number of halogens is 2. The predicted molar refractivity (Wildman–Crippen MR) is 153 cm³/mol. The van der Waals surface area contributed by atoms with Gasteiger partial charge in [-0.3, -0.25) is 14.6 Å². The van der Waals surface area contributed by atoms with Gasteiger partial charge in [-0.2, -0.15) is 0 Å². The molecular weight excluding hydrogens is 539 g/mol. The molecule has 2 aliphatic rings. The monoisotopic (exact) mass is 576 g/mol. The number of anilines is 2. The maximum Gasteiger partial charge on any atom is 0.415 e. The quantitative estimate of drug-likeness (QED) is 0.532. The van der Waals surface area contributed by atoms with Gasteiger partial charge in [0, 0.05) is 46.3 Å². The number of carbonyl (C=O) groups excluding carboxylic acids is 2. The van der Waals surface area contributed by atoms with Gasteiger partial charge >= 0.3 is 6.09 Å². The number of fused-ring (bicyclic) bond motifs is 1. The van der Waals surface area contributed by atoms with E-state index in [-0.39, 0.29) is 18.9 Å². The highest BCUT2D eigenvalue weighted by molar-refractivity contribution is 6.33. The van der Waals surface area contributed by atoms with Crippen molar-refractivity contribution in [2.75, 3.05) is 50.1 Å². The van der Waals surface area contributed by atoms with E-state index in [0.29, 0.717) is 54.6 Å². The van der Waals surface area contributed by atoms with E-state index in [1.54, 1.807) is 45.0 Å². The molecule has 11 heteroatoms. The summed E-state index contributed by atoms with van der Waals surface area (Å²) in [7, 11) is 3.66. The van der Waals surface area contributed by atoms with Gasteiger partial charge < -0.3 is 24.8 Å². The van der Waals surface area contributed by atoms with Gasteiger partial charge in [0.05, 0.1) is 28.5 Å². The normalized spacial score (nSPS) is 18.9. The second-order valence-electron chi connectivity index (χ2n) is 11.7. The Bertz CT molecular complexity index is 1230. The molecule has 2 amide bonds. The third-order valence-electron chi connectivity index (χ3n) is 7.02. The smallest absolute Gasteiger partial charge is 0.415 e. The highest BCUT2D eigenvalue weighted by Gasteiger charge is 2.39. The third kappa shape index (κ3) is 7.35. The van der Waals surface area contributed by atoms with Crippen molar-refractivity contribution in [3.05, 3.63) is 52.8 Å². The third-order valence-corrected chi connectivity index (χ3v) is 7.33. The van der Waals surface area contributed by atoms with Gasteiger partial charge in [0.1, 0.15) is 17.2 Å². The largest absolute Gasteiger partial charge is 0.476 e. The van der Waals surface area contributed by atoms with Gasteiger partial charge in [0.15, 0.2) is 6.10 Å². The van der Waals surface area contributed by atoms with Crippen LogP contribution in [0.5, 0.6) is 5.75 Å². The maximum atomic E-state index is 13.3. The van der Waals surface area contributed by atoms with Gasteiger partial charge in [-0.1, -0.05) is 23.7 Å². The molecule has 0 aromatic heterocycles. The van der Waals surface area contributed by atoms with Crippen LogP contribution in [0.3, 0.4) is 0 Å². The molecular formula is C29H38ClFN4O5. The van der Waals surface area contributed by atoms with Crippen LogP contribution in [0.2, 0.25) is 5.02 Å². The predicted octanol–water partition coefficient (Wildman–Crippen LogP) is 4.19. The fourth-order valence-electron chi connectivity index (χ4n) is 4.78. The number of rotatable bonds is 6. The van der Waals surface area contributed by atoms with E-state index in [4.69, 9.17) is 21.1 Å². The fraction of sp³-hybridized carbons (Fsp3) is 0.517. The standard InChI is InChI=1S/C29H38ClFN4O5/c1-28(2,3)40-27(37)35-17-25(39-24-15-22(33(4)5)21(30)14-23(24)35)26(36)32-18-29(38)10-12-34(13-11-29)16-19-6-8-20(31)9-7-19/h6-9,14-15,25,38H,10-13,16-18H2,1-5H3,(H,32,36). The number of nitrogens with one attached hydrogen (secondary N) is 1. The number of ether oxygens (including phenoxy) is 2. The first-order valence-corrected chi connectivity index (χ1v) is 13.8. The van der Waals surface area contributed by atoms with Crippen molar-refractivity contribution in [1.82, 2.24) is 10.2 Å². The molecule has 2 heterocycles. The highest BCUT2D eigenvalue weighted by Crippen LogP contribution is 2.41. The summed E-state index contributed by atoms with van der Waals surface area (Å²) in [4.78, 5) is 31.7. The SMILES string of the molecule is CN(C)c1cc2c(cc1Cl)N(C(=O)OC(C)(C)C)CC(C(=O)NCC1(O)CCN(Cc3ccc(F)cc3)CC1)O2. The minimum atomic E-state index is -1.07. The first-order chi connectivity index (χ1) is 18.7. The first-order valence-electron chi connectivity index (χ1n) is 13.4. The van der Waals surface area contributed by atoms with Gasteiger partial charge in [-0.25, -0.2) is 9.18 Å². The number of aliphatic hydroxyl groups is 1. The Morgan fingerprint density at radius 2 is 1.85 bits per heavy atom. The highest BCUT2D eigenvalue weighted by atomic mass is 35.5. The van der Waals surface area contributed by atoms with Crippen LogP contribution in [0, 0.1) is 5.82 Å². The van der Waals surface area contributed by atoms with Crippen molar-refractivity contribution in [2.24, 2.45) is 0 Å². The summed E-state index contributed by atoms with van der Waals surface area (Å²) >= 11 is 6.47. The minimum Gasteiger partial charge on any atom is -0.476 e. The van der Waals surface area contributed by atoms with E-state index >= 15 is 0 Å². The Morgan fingerprint density at radius 3 is 2.45 bits per heavy atom. The van der Waals surface area contributed by atoms with Gasteiger partial charge in [-0.05, 0) is 57.4 Å². The number of amides is 2. The van der Waals surface area contributed by atoms with E-state index in [9.17, 15) is 19.1 Å². The molecule has 2 aromatic carbocycles. The summed E-state index contributed by atoms with van der Waals surface area (Å²) in [6, 6.07) is 9.72. The van der Waals surface area contributed by atoms with Gasteiger partial charge in [0.2, 0.25) is 0 Å². The van der Waals surface area contributed by atoms with Crippen LogP contribution in [0.15, 0.2) is 36.4 Å². The molecule has 2 aromatic rings. The number of likely N-dealkylation sites (tertiary alicyclic amines) is 1. The molecule has 0 spiro atoms. The molecule has 0 radical (unpaired) electrons. The second kappa shape index (κ2) is 11.8. The van der Waals surface area contributed by atoms with Crippen molar-refractivity contribution in [3.8, 4) is 5.75 Å². The average molecular weight is 577 g/mol. The summed E-state index contributed by atoms with van der Waals surface area (Å²) < 4.78 is 24.8. The molecule has 1 fully saturated rings. The molecule has 40 heavy (non-hydrogen) atoms. The van der Waals surface area contributed by atoms with Crippen molar-refractivity contribution in [2.45, 2.75) is 57.5 Å². The first kappa shape index (κ1) is 29.9. The molecule has 9 nitrogen and oxygen atoms in total. The molecule has 0 saturated carbocycles. The number of carbonyl (C=O) groups is 2. The summed E-state index contributed by atoms with van der Waals surface area (Å²) in [5, 5.41) is 14.4. The van der Waals surface area contributed by atoms with Crippen LogP contribution in [0.25, 0.3) is 0 Å². The molecule has 0 bridgehead atoms. The lowest BCUT2D eigenvalue weighted by molar-refractivity contribution is -0.129. The van der Waals surface area contributed by atoms with Gasteiger partial charge in [0.25, 0.3) is 5.91 Å². The van der Waals surface area contributed by atoms with E-state index < -0.39 is 29.3 Å². The lowest BCUT2D eigenvalue weighted by Gasteiger charge is -2.39. The Hall–Kier alpha value is -3.08. The summed E-state index contributed by atoms with van der Waals surface area (Å²) in [5.74, 6) is -0.380. The molecule has 1 unspecified atom stereocenters.